The van der Waals surface area contributed by atoms with Gasteiger partial charge in [-0.2, -0.15) is 0 Å². The summed E-state index contributed by atoms with van der Waals surface area (Å²) in [5.74, 6) is 0.0161. The second-order valence-electron chi connectivity index (χ2n) is 4.92. The summed E-state index contributed by atoms with van der Waals surface area (Å²) in [5.41, 5.74) is 1.64. The highest BCUT2D eigenvalue weighted by Gasteiger charge is 2.19. The van der Waals surface area contributed by atoms with Gasteiger partial charge in [0.25, 0.3) is 5.91 Å². The zero-order chi connectivity index (χ0) is 16.2. The number of thiocarbonyl (C=S) groups is 1. The molecule has 2 aromatic rings. The van der Waals surface area contributed by atoms with Crippen molar-refractivity contribution in [3.63, 3.8) is 0 Å². The van der Waals surface area contributed by atoms with Crippen molar-refractivity contribution in [2.24, 2.45) is 0 Å². The number of benzene rings is 2. The Morgan fingerprint density at radius 1 is 1.13 bits per heavy atom. The Kier molecular flexibility index (Phi) is 4.34. The summed E-state index contributed by atoms with van der Waals surface area (Å²) in [7, 11) is 0. The molecule has 0 aromatic heterocycles. The molecule has 116 valence electrons. The van der Waals surface area contributed by atoms with Gasteiger partial charge in [-0.05, 0) is 42.1 Å². The van der Waals surface area contributed by atoms with Gasteiger partial charge in [0.15, 0.2) is 5.11 Å². The number of halogens is 1. The smallest absolute Gasteiger partial charge is 0.273 e. The molecule has 23 heavy (non-hydrogen) atoms. The van der Waals surface area contributed by atoms with E-state index in [2.05, 4.69) is 10.6 Å². The quantitative estimate of drug-likeness (QED) is 0.669. The largest absolute Gasteiger partial charge is 0.489 e. The van der Waals surface area contributed by atoms with Crippen LogP contribution in [0.15, 0.2) is 54.2 Å². The number of rotatable bonds is 4. The maximum absolute atomic E-state index is 13.6. The van der Waals surface area contributed by atoms with Crippen molar-refractivity contribution in [2.75, 3.05) is 0 Å². The van der Waals surface area contributed by atoms with Gasteiger partial charge >= 0.3 is 0 Å². The van der Waals surface area contributed by atoms with Crippen LogP contribution in [0, 0.1) is 5.82 Å². The Labute approximate surface area is 138 Å². The fraction of sp³-hybridized carbons (Fsp3) is 0.0588. The van der Waals surface area contributed by atoms with Crippen LogP contribution in [0.25, 0.3) is 6.08 Å². The van der Waals surface area contributed by atoms with Gasteiger partial charge in [-0.3, -0.25) is 10.1 Å². The minimum absolute atomic E-state index is 0.134. The van der Waals surface area contributed by atoms with Crippen LogP contribution in [0.5, 0.6) is 5.75 Å². The summed E-state index contributed by atoms with van der Waals surface area (Å²) >= 11 is 4.88. The van der Waals surface area contributed by atoms with E-state index in [0.717, 1.165) is 5.56 Å². The first-order chi connectivity index (χ1) is 11.1. The van der Waals surface area contributed by atoms with E-state index in [0.29, 0.717) is 17.0 Å². The van der Waals surface area contributed by atoms with Gasteiger partial charge in [-0.25, -0.2) is 4.39 Å². The van der Waals surface area contributed by atoms with Gasteiger partial charge < -0.3 is 10.1 Å². The predicted octanol–water partition coefficient (Wildman–Crippen LogP) is 2.75. The predicted molar refractivity (Wildman–Crippen MR) is 89.0 cm³/mol. The van der Waals surface area contributed by atoms with Crippen molar-refractivity contribution >= 4 is 29.3 Å². The summed E-state index contributed by atoms with van der Waals surface area (Å²) in [5, 5.41) is 5.56. The summed E-state index contributed by atoms with van der Waals surface area (Å²) in [6, 6.07) is 13.6. The summed E-state index contributed by atoms with van der Waals surface area (Å²) in [6.07, 6.45) is 1.67. The van der Waals surface area contributed by atoms with E-state index in [1.807, 2.05) is 6.07 Å². The van der Waals surface area contributed by atoms with Crippen molar-refractivity contribution in [2.45, 2.75) is 6.61 Å². The number of hydrogen-bond donors (Lipinski definition) is 2. The lowest BCUT2D eigenvalue weighted by Crippen LogP contribution is -2.21. The first kappa shape index (κ1) is 15.2. The second-order valence-corrected chi connectivity index (χ2v) is 5.33. The molecule has 0 radical (unpaired) electrons. The Bertz CT molecular complexity index is 805. The van der Waals surface area contributed by atoms with E-state index >= 15 is 0 Å². The third-order valence-corrected chi connectivity index (χ3v) is 3.45. The Morgan fingerprint density at radius 3 is 2.70 bits per heavy atom. The lowest BCUT2D eigenvalue weighted by atomic mass is 10.2. The second kappa shape index (κ2) is 6.58. The molecule has 0 atom stereocenters. The molecule has 1 saturated heterocycles. The van der Waals surface area contributed by atoms with Crippen LogP contribution in [0.2, 0.25) is 0 Å². The molecule has 0 bridgehead atoms. The standard InChI is InChI=1S/C17H13FN2O2S/c18-14-7-2-1-5-12(14)10-22-13-6-3-4-11(8-13)9-15-16(21)20-17(23)19-15/h1-9H,10H2,(H2,19,20,21,23). The minimum atomic E-state index is -0.300. The van der Waals surface area contributed by atoms with Crippen LogP contribution < -0.4 is 15.4 Å². The van der Waals surface area contributed by atoms with E-state index in [1.54, 1.807) is 42.5 Å². The first-order valence-electron chi connectivity index (χ1n) is 6.92. The number of nitrogens with one attached hydrogen (secondary N) is 2. The molecule has 3 rings (SSSR count). The summed E-state index contributed by atoms with van der Waals surface area (Å²) < 4.78 is 19.2. The molecule has 1 fully saturated rings. The molecule has 1 aliphatic rings. The molecule has 0 aliphatic carbocycles. The Morgan fingerprint density at radius 2 is 1.96 bits per heavy atom. The van der Waals surface area contributed by atoms with Crippen LogP contribution in [-0.2, 0) is 11.4 Å². The zero-order valence-corrected chi connectivity index (χ0v) is 12.8. The maximum atomic E-state index is 13.6. The van der Waals surface area contributed by atoms with Crippen molar-refractivity contribution in [1.82, 2.24) is 10.6 Å². The number of ether oxygens (including phenoxy) is 1. The SMILES string of the molecule is O=C1NC(=S)NC1=Cc1cccc(OCc2ccccc2F)c1. The molecule has 2 aromatic carbocycles. The Hall–Kier alpha value is -2.73. The average Bonchev–Trinajstić information content (AvgIpc) is 2.84. The Balaban J connectivity index is 1.73. The van der Waals surface area contributed by atoms with Gasteiger partial charge in [0.2, 0.25) is 0 Å². The lowest BCUT2D eigenvalue weighted by molar-refractivity contribution is -0.115. The monoisotopic (exact) mass is 328 g/mol. The maximum Gasteiger partial charge on any atom is 0.273 e. The van der Waals surface area contributed by atoms with Crippen LogP contribution in [-0.4, -0.2) is 11.0 Å². The highest BCUT2D eigenvalue weighted by Crippen LogP contribution is 2.18. The lowest BCUT2D eigenvalue weighted by Gasteiger charge is -2.08. The number of hydrogen-bond acceptors (Lipinski definition) is 3. The van der Waals surface area contributed by atoms with E-state index in [-0.39, 0.29) is 23.4 Å². The number of carbonyl (C=O) groups is 1. The number of carbonyl (C=O) groups excluding carboxylic acids is 1. The molecule has 0 spiro atoms. The molecule has 1 amide bonds. The molecular formula is C17H13FN2O2S. The van der Waals surface area contributed by atoms with Gasteiger partial charge in [-0.1, -0.05) is 30.3 Å². The van der Waals surface area contributed by atoms with E-state index in [9.17, 15) is 9.18 Å². The van der Waals surface area contributed by atoms with Crippen LogP contribution >= 0.6 is 12.2 Å². The van der Waals surface area contributed by atoms with E-state index in [1.165, 1.54) is 6.07 Å². The van der Waals surface area contributed by atoms with Gasteiger partial charge in [0, 0.05) is 5.56 Å². The average molecular weight is 328 g/mol. The van der Waals surface area contributed by atoms with Crippen LogP contribution in [0.1, 0.15) is 11.1 Å². The highest BCUT2D eigenvalue weighted by atomic mass is 32.1. The molecule has 1 heterocycles. The van der Waals surface area contributed by atoms with Crippen molar-refractivity contribution in [3.8, 4) is 5.75 Å². The van der Waals surface area contributed by atoms with Gasteiger partial charge in [0.1, 0.15) is 23.9 Å². The molecule has 1 aliphatic heterocycles. The first-order valence-corrected chi connectivity index (χ1v) is 7.33. The normalized spacial score (nSPS) is 15.4. The van der Waals surface area contributed by atoms with Crippen LogP contribution in [0.3, 0.4) is 0 Å². The molecule has 2 N–H and O–H groups in total. The van der Waals surface area contributed by atoms with Crippen molar-refractivity contribution < 1.29 is 13.9 Å². The fourth-order valence-corrected chi connectivity index (χ4v) is 2.32. The van der Waals surface area contributed by atoms with Crippen LogP contribution in [0.4, 0.5) is 4.39 Å². The third-order valence-electron chi connectivity index (χ3n) is 3.24. The molecule has 4 nitrogen and oxygen atoms in total. The van der Waals surface area contributed by atoms with Crippen molar-refractivity contribution in [1.29, 1.82) is 0 Å². The zero-order valence-electron chi connectivity index (χ0n) is 12.0. The van der Waals surface area contributed by atoms with Crippen molar-refractivity contribution in [3.05, 3.63) is 71.2 Å². The molecular weight excluding hydrogens is 315 g/mol. The minimum Gasteiger partial charge on any atom is -0.489 e. The topological polar surface area (TPSA) is 50.4 Å². The summed E-state index contributed by atoms with van der Waals surface area (Å²) in [6.45, 7) is 0.134. The van der Waals surface area contributed by atoms with E-state index < -0.39 is 0 Å². The van der Waals surface area contributed by atoms with Gasteiger partial charge in [-0.15, -0.1) is 0 Å². The molecule has 0 unspecified atom stereocenters. The molecule has 6 heteroatoms. The van der Waals surface area contributed by atoms with E-state index in [4.69, 9.17) is 17.0 Å². The highest BCUT2D eigenvalue weighted by molar-refractivity contribution is 7.80. The fourth-order valence-electron chi connectivity index (χ4n) is 2.12. The summed E-state index contributed by atoms with van der Waals surface area (Å²) in [4.78, 5) is 11.6. The van der Waals surface area contributed by atoms with Gasteiger partial charge in [0.05, 0.1) is 0 Å². The third kappa shape index (κ3) is 3.73. The number of amides is 1. The molecule has 0 saturated carbocycles.